The van der Waals surface area contributed by atoms with E-state index >= 15 is 0 Å². The number of nitrogens with zero attached hydrogens (tertiary/aromatic N) is 1. The fourth-order valence-corrected chi connectivity index (χ4v) is 2.54. The number of hydrogen-bond acceptors (Lipinski definition) is 2. The molecule has 0 aromatic heterocycles. The molecule has 0 amide bonds. The number of anilines is 1. The topological polar surface area (TPSA) is 40.5 Å². The highest BCUT2D eigenvalue weighted by molar-refractivity contribution is 5.70. The predicted octanol–water partition coefficient (Wildman–Crippen LogP) is 3.65. The molecule has 110 valence electrons. The first-order chi connectivity index (χ1) is 10.1. The van der Waals surface area contributed by atoms with Gasteiger partial charge in [-0.05, 0) is 36.6 Å². The summed E-state index contributed by atoms with van der Waals surface area (Å²) in [7, 11) is 0. The second-order valence-electron chi connectivity index (χ2n) is 5.14. The van der Waals surface area contributed by atoms with Crippen LogP contribution < -0.4 is 4.90 Å². The van der Waals surface area contributed by atoms with Crippen LogP contribution in [0.2, 0.25) is 0 Å². The average Bonchev–Trinajstić information content (AvgIpc) is 2.47. The van der Waals surface area contributed by atoms with Crippen LogP contribution in [0.5, 0.6) is 0 Å². The van der Waals surface area contributed by atoms with Crippen LogP contribution in [0.25, 0.3) is 0 Å². The van der Waals surface area contributed by atoms with Crippen molar-refractivity contribution in [2.24, 2.45) is 0 Å². The van der Waals surface area contributed by atoms with Crippen LogP contribution in [0, 0.1) is 6.92 Å². The number of rotatable bonds is 6. The molecular formula is C18H21NO2. The summed E-state index contributed by atoms with van der Waals surface area (Å²) in [5.74, 6) is -0.790. The average molecular weight is 283 g/mol. The van der Waals surface area contributed by atoms with Crippen molar-refractivity contribution < 1.29 is 9.90 Å². The Bertz CT molecular complexity index is 622. The minimum absolute atomic E-state index is 0.0709. The van der Waals surface area contributed by atoms with Crippen molar-refractivity contribution >= 4 is 11.7 Å². The van der Waals surface area contributed by atoms with Crippen molar-refractivity contribution in [1.82, 2.24) is 0 Å². The van der Waals surface area contributed by atoms with E-state index in [4.69, 9.17) is 5.11 Å². The normalized spacial score (nSPS) is 10.4. The molecule has 2 rings (SSSR count). The third-order valence-electron chi connectivity index (χ3n) is 3.66. The van der Waals surface area contributed by atoms with Crippen LogP contribution >= 0.6 is 0 Å². The first kappa shape index (κ1) is 15.1. The maximum Gasteiger partial charge on any atom is 0.307 e. The molecular weight excluding hydrogens is 262 g/mol. The predicted molar refractivity (Wildman–Crippen MR) is 85.7 cm³/mol. The zero-order valence-corrected chi connectivity index (χ0v) is 12.5. The lowest BCUT2D eigenvalue weighted by Gasteiger charge is -2.26. The van der Waals surface area contributed by atoms with Gasteiger partial charge in [-0.2, -0.15) is 0 Å². The lowest BCUT2D eigenvalue weighted by Crippen LogP contribution is -2.23. The van der Waals surface area contributed by atoms with E-state index in [1.807, 2.05) is 36.4 Å². The molecule has 0 saturated carbocycles. The summed E-state index contributed by atoms with van der Waals surface area (Å²) in [5, 5.41) is 9.03. The zero-order valence-electron chi connectivity index (χ0n) is 12.5. The molecule has 0 fully saturated rings. The van der Waals surface area contributed by atoms with Gasteiger partial charge in [0, 0.05) is 18.8 Å². The minimum atomic E-state index is -0.790. The van der Waals surface area contributed by atoms with E-state index in [0.717, 1.165) is 24.2 Å². The van der Waals surface area contributed by atoms with Gasteiger partial charge in [0.2, 0.25) is 0 Å². The quantitative estimate of drug-likeness (QED) is 0.879. The zero-order chi connectivity index (χ0) is 15.2. The summed E-state index contributed by atoms with van der Waals surface area (Å²) in [6.07, 6.45) is 0.0709. The van der Waals surface area contributed by atoms with E-state index in [0.29, 0.717) is 0 Å². The Labute approximate surface area is 125 Å². The molecule has 0 bridgehead atoms. The van der Waals surface area contributed by atoms with E-state index in [2.05, 4.69) is 30.9 Å². The van der Waals surface area contributed by atoms with Crippen molar-refractivity contribution in [2.75, 3.05) is 11.4 Å². The van der Waals surface area contributed by atoms with E-state index in [1.165, 1.54) is 11.3 Å². The molecule has 0 aliphatic carbocycles. The van der Waals surface area contributed by atoms with Gasteiger partial charge in [-0.3, -0.25) is 4.79 Å². The van der Waals surface area contributed by atoms with Crippen LogP contribution in [0.4, 0.5) is 5.69 Å². The lowest BCUT2D eigenvalue weighted by molar-refractivity contribution is -0.136. The molecule has 0 heterocycles. The molecule has 0 aliphatic heterocycles. The second kappa shape index (κ2) is 6.93. The molecule has 0 saturated heterocycles. The third-order valence-corrected chi connectivity index (χ3v) is 3.66. The number of benzene rings is 2. The summed E-state index contributed by atoms with van der Waals surface area (Å²) in [6, 6.07) is 16.0. The van der Waals surface area contributed by atoms with Gasteiger partial charge in [0.25, 0.3) is 0 Å². The Hall–Kier alpha value is -2.29. The number of carboxylic acid groups (broad SMARTS) is 1. The van der Waals surface area contributed by atoms with Crippen molar-refractivity contribution in [3.05, 3.63) is 65.2 Å². The number of carbonyl (C=O) groups is 1. The summed E-state index contributed by atoms with van der Waals surface area (Å²) in [5.41, 5.74) is 4.39. The fraction of sp³-hybridized carbons (Fsp3) is 0.278. The van der Waals surface area contributed by atoms with E-state index in [9.17, 15) is 4.79 Å². The van der Waals surface area contributed by atoms with Gasteiger partial charge in [-0.25, -0.2) is 0 Å². The Morgan fingerprint density at radius 2 is 1.67 bits per heavy atom. The van der Waals surface area contributed by atoms with Gasteiger partial charge in [0.05, 0.1) is 6.42 Å². The Kier molecular flexibility index (Phi) is 4.99. The molecule has 1 N–H and O–H groups in total. The Balaban J connectivity index is 2.27. The van der Waals surface area contributed by atoms with Crippen molar-refractivity contribution in [2.45, 2.75) is 26.8 Å². The molecule has 21 heavy (non-hydrogen) atoms. The number of carboxylic acids is 1. The third kappa shape index (κ3) is 3.85. The highest BCUT2D eigenvalue weighted by atomic mass is 16.4. The van der Waals surface area contributed by atoms with Crippen molar-refractivity contribution in [3.63, 3.8) is 0 Å². The van der Waals surface area contributed by atoms with Gasteiger partial charge in [0.15, 0.2) is 0 Å². The van der Waals surface area contributed by atoms with Crippen LogP contribution in [0.1, 0.15) is 23.6 Å². The summed E-state index contributed by atoms with van der Waals surface area (Å²) in [6.45, 7) is 5.82. The number of aryl methyl sites for hydroxylation is 1. The molecule has 0 atom stereocenters. The smallest absolute Gasteiger partial charge is 0.307 e. The van der Waals surface area contributed by atoms with Gasteiger partial charge >= 0.3 is 5.97 Å². The highest BCUT2D eigenvalue weighted by Gasteiger charge is 2.11. The van der Waals surface area contributed by atoms with E-state index in [1.54, 1.807) is 0 Å². The molecule has 3 nitrogen and oxygen atoms in total. The van der Waals surface area contributed by atoms with Gasteiger partial charge in [-0.15, -0.1) is 0 Å². The number of hydrogen-bond donors (Lipinski definition) is 1. The van der Waals surface area contributed by atoms with Gasteiger partial charge in [0.1, 0.15) is 0 Å². The van der Waals surface area contributed by atoms with Gasteiger partial charge < -0.3 is 10.0 Å². The fourth-order valence-electron chi connectivity index (χ4n) is 2.54. The van der Waals surface area contributed by atoms with E-state index < -0.39 is 5.97 Å². The van der Waals surface area contributed by atoms with Gasteiger partial charge in [-0.1, -0.05) is 42.5 Å². The van der Waals surface area contributed by atoms with Crippen LogP contribution in [0.15, 0.2) is 48.5 Å². The van der Waals surface area contributed by atoms with E-state index in [-0.39, 0.29) is 6.42 Å². The number of para-hydroxylation sites is 1. The van der Waals surface area contributed by atoms with Crippen LogP contribution in [-0.4, -0.2) is 17.6 Å². The standard InChI is InChI=1S/C18H21NO2/c1-3-19(17-11-7-4-8-14(17)2)13-16-10-6-5-9-15(16)12-18(20)21/h4-11H,3,12-13H2,1-2H3,(H,20,21). The van der Waals surface area contributed by atoms with Crippen molar-refractivity contribution in [3.8, 4) is 0 Å². The monoisotopic (exact) mass is 283 g/mol. The number of aliphatic carboxylic acids is 1. The second-order valence-corrected chi connectivity index (χ2v) is 5.14. The SMILES string of the molecule is CCN(Cc1ccccc1CC(=O)O)c1ccccc1C. The molecule has 2 aromatic rings. The molecule has 0 spiro atoms. The molecule has 0 aliphatic rings. The molecule has 0 radical (unpaired) electrons. The first-order valence-electron chi connectivity index (χ1n) is 7.21. The highest BCUT2D eigenvalue weighted by Crippen LogP contribution is 2.22. The van der Waals surface area contributed by atoms with Crippen molar-refractivity contribution in [1.29, 1.82) is 0 Å². The lowest BCUT2D eigenvalue weighted by atomic mass is 10.0. The first-order valence-corrected chi connectivity index (χ1v) is 7.21. The summed E-state index contributed by atoms with van der Waals surface area (Å²) in [4.78, 5) is 13.3. The van der Waals surface area contributed by atoms with Crippen LogP contribution in [-0.2, 0) is 17.8 Å². The Morgan fingerprint density at radius 1 is 1.05 bits per heavy atom. The maximum atomic E-state index is 11.0. The largest absolute Gasteiger partial charge is 0.481 e. The summed E-state index contributed by atoms with van der Waals surface area (Å²) >= 11 is 0. The minimum Gasteiger partial charge on any atom is -0.481 e. The molecule has 3 heteroatoms. The molecule has 2 aromatic carbocycles. The summed E-state index contributed by atoms with van der Waals surface area (Å²) < 4.78 is 0. The maximum absolute atomic E-state index is 11.0. The van der Waals surface area contributed by atoms with Crippen LogP contribution in [0.3, 0.4) is 0 Å². The molecule has 0 unspecified atom stereocenters. The Morgan fingerprint density at radius 3 is 2.29 bits per heavy atom.